The summed E-state index contributed by atoms with van der Waals surface area (Å²) in [4.78, 5) is 34.8. The van der Waals surface area contributed by atoms with Gasteiger partial charge in [-0.15, -0.1) is 0 Å². The molecule has 0 saturated carbocycles. The lowest BCUT2D eigenvalue weighted by atomic mass is 10.2. The molecule has 2 N–H and O–H groups in total. The van der Waals surface area contributed by atoms with Gasteiger partial charge in [0.15, 0.2) is 0 Å². The van der Waals surface area contributed by atoms with E-state index in [-0.39, 0.29) is 11.6 Å². The van der Waals surface area contributed by atoms with Crippen molar-refractivity contribution in [3.8, 4) is 10.6 Å². The second-order valence-corrected chi connectivity index (χ2v) is 9.39. The highest BCUT2D eigenvalue weighted by Crippen LogP contribution is 2.34. The van der Waals surface area contributed by atoms with Crippen molar-refractivity contribution in [2.45, 2.75) is 6.54 Å². The molecule has 0 bridgehead atoms. The standard InChI is InChI=1S/C26H23N7OS/c34-24(23-15-28-20-7-3-4-8-21(20)30-23)31-19-6-2-1-5-18(19)25-32-22-10-9-17(29-26(22)35-25)16-33-13-11-27-12-14-33/h1-10,15,27H,11-14,16H2,(H,31,34). The Labute approximate surface area is 206 Å². The van der Waals surface area contributed by atoms with Crippen LogP contribution in [0.25, 0.3) is 32.0 Å². The van der Waals surface area contributed by atoms with Crippen LogP contribution in [-0.4, -0.2) is 56.9 Å². The number of benzene rings is 2. The fourth-order valence-corrected chi connectivity index (χ4v) is 5.18. The van der Waals surface area contributed by atoms with Gasteiger partial charge in [0.2, 0.25) is 0 Å². The average molecular weight is 482 g/mol. The van der Waals surface area contributed by atoms with Gasteiger partial charge in [-0.05, 0) is 36.4 Å². The summed E-state index contributed by atoms with van der Waals surface area (Å²) in [6, 6.07) is 19.2. The molecule has 1 amide bonds. The lowest BCUT2D eigenvalue weighted by Crippen LogP contribution is -2.43. The van der Waals surface area contributed by atoms with Gasteiger partial charge in [0.05, 0.1) is 28.6 Å². The maximum Gasteiger partial charge on any atom is 0.275 e. The van der Waals surface area contributed by atoms with Crippen LogP contribution < -0.4 is 10.6 Å². The number of amides is 1. The van der Waals surface area contributed by atoms with Crippen LogP contribution in [-0.2, 0) is 6.54 Å². The van der Waals surface area contributed by atoms with E-state index in [9.17, 15) is 4.79 Å². The Balaban J connectivity index is 1.26. The first-order chi connectivity index (χ1) is 17.2. The minimum Gasteiger partial charge on any atom is -0.320 e. The van der Waals surface area contributed by atoms with Crippen LogP contribution in [0.3, 0.4) is 0 Å². The second-order valence-electron chi connectivity index (χ2n) is 8.42. The van der Waals surface area contributed by atoms with Crippen LogP contribution >= 0.6 is 11.3 Å². The summed E-state index contributed by atoms with van der Waals surface area (Å²) in [5.41, 5.74) is 5.13. The fraction of sp³-hybridized carbons (Fsp3) is 0.192. The molecule has 4 heterocycles. The number of nitrogens with zero attached hydrogens (tertiary/aromatic N) is 5. The molecular weight excluding hydrogens is 458 g/mol. The number of nitrogens with one attached hydrogen (secondary N) is 2. The number of fused-ring (bicyclic) bond motifs is 2. The predicted molar refractivity (Wildman–Crippen MR) is 138 cm³/mol. The number of aromatic nitrogens is 4. The molecule has 8 nitrogen and oxygen atoms in total. The summed E-state index contributed by atoms with van der Waals surface area (Å²) in [7, 11) is 0. The van der Waals surface area contributed by atoms with E-state index >= 15 is 0 Å². The number of hydrogen-bond donors (Lipinski definition) is 2. The van der Waals surface area contributed by atoms with E-state index < -0.39 is 0 Å². The Bertz CT molecular complexity index is 1530. The Morgan fingerprint density at radius 3 is 2.60 bits per heavy atom. The minimum absolute atomic E-state index is 0.266. The van der Waals surface area contributed by atoms with E-state index in [4.69, 9.17) is 9.97 Å². The molecule has 1 fully saturated rings. The summed E-state index contributed by atoms with van der Waals surface area (Å²) >= 11 is 1.53. The van der Waals surface area contributed by atoms with Crippen LogP contribution in [0.4, 0.5) is 5.69 Å². The van der Waals surface area contributed by atoms with Gasteiger partial charge in [0, 0.05) is 38.3 Å². The molecule has 1 aliphatic heterocycles. The molecule has 6 rings (SSSR count). The van der Waals surface area contributed by atoms with Crippen LogP contribution in [0, 0.1) is 0 Å². The number of pyridine rings is 1. The van der Waals surface area contributed by atoms with Gasteiger partial charge in [0.25, 0.3) is 5.91 Å². The summed E-state index contributed by atoms with van der Waals surface area (Å²) in [5.74, 6) is -0.312. The van der Waals surface area contributed by atoms with Crippen molar-refractivity contribution in [2.24, 2.45) is 0 Å². The number of hydrogen-bond acceptors (Lipinski definition) is 8. The summed E-state index contributed by atoms with van der Waals surface area (Å²) in [6.45, 7) is 4.93. The third-order valence-electron chi connectivity index (χ3n) is 6.00. The van der Waals surface area contributed by atoms with Gasteiger partial charge >= 0.3 is 0 Å². The van der Waals surface area contributed by atoms with Gasteiger partial charge < -0.3 is 10.6 Å². The van der Waals surface area contributed by atoms with Gasteiger partial charge in [-0.2, -0.15) is 0 Å². The molecule has 9 heteroatoms. The lowest BCUT2D eigenvalue weighted by molar-refractivity contribution is 0.102. The SMILES string of the molecule is O=C(Nc1ccccc1-c1nc2ccc(CN3CCNCC3)nc2s1)c1cnc2ccccc2n1. The summed E-state index contributed by atoms with van der Waals surface area (Å²) in [6.07, 6.45) is 1.50. The number of thiazole rings is 1. The van der Waals surface area contributed by atoms with E-state index in [2.05, 4.69) is 31.6 Å². The molecule has 1 aliphatic rings. The zero-order valence-corrected chi connectivity index (χ0v) is 19.8. The van der Waals surface area contributed by atoms with Crippen molar-refractivity contribution in [3.05, 3.63) is 78.2 Å². The van der Waals surface area contributed by atoms with Gasteiger partial charge in [-0.1, -0.05) is 35.6 Å². The number of carbonyl (C=O) groups is 1. The quantitative estimate of drug-likeness (QED) is 0.392. The lowest BCUT2D eigenvalue weighted by Gasteiger charge is -2.26. The van der Waals surface area contributed by atoms with E-state index in [0.717, 1.165) is 64.9 Å². The Kier molecular flexibility index (Phi) is 5.87. The van der Waals surface area contributed by atoms with Gasteiger partial charge in [-0.25, -0.2) is 15.0 Å². The van der Waals surface area contributed by atoms with Crippen molar-refractivity contribution in [2.75, 3.05) is 31.5 Å². The highest BCUT2D eigenvalue weighted by Gasteiger charge is 2.16. The van der Waals surface area contributed by atoms with Crippen molar-refractivity contribution < 1.29 is 4.79 Å². The summed E-state index contributed by atoms with van der Waals surface area (Å²) in [5, 5.41) is 7.19. The first-order valence-corrected chi connectivity index (χ1v) is 12.4. The maximum atomic E-state index is 13.0. The van der Waals surface area contributed by atoms with Crippen molar-refractivity contribution >= 4 is 44.3 Å². The van der Waals surface area contributed by atoms with Gasteiger partial charge in [0.1, 0.15) is 21.0 Å². The third kappa shape index (κ3) is 4.61. The van der Waals surface area contributed by atoms with Crippen LogP contribution in [0.5, 0.6) is 0 Å². The first-order valence-electron chi connectivity index (χ1n) is 11.5. The zero-order valence-electron chi connectivity index (χ0n) is 18.9. The molecule has 0 spiro atoms. The van der Waals surface area contributed by atoms with Crippen molar-refractivity contribution in [1.82, 2.24) is 30.2 Å². The predicted octanol–water partition coefficient (Wildman–Crippen LogP) is 3.96. The highest BCUT2D eigenvalue weighted by molar-refractivity contribution is 7.21. The largest absolute Gasteiger partial charge is 0.320 e. The van der Waals surface area contributed by atoms with Crippen molar-refractivity contribution in [1.29, 1.82) is 0 Å². The average Bonchev–Trinajstić information content (AvgIpc) is 3.32. The highest BCUT2D eigenvalue weighted by atomic mass is 32.1. The van der Waals surface area contributed by atoms with E-state index in [1.54, 1.807) is 0 Å². The van der Waals surface area contributed by atoms with Crippen LogP contribution in [0.1, 0.15) is 16.2 Å². The number of para-hydroxylation sites is 3. The first kappa shape index (κ1) is 21.7. The monoisotopic (exact) mass is 481 g/mol. The molecule has 0 aliphatic carbocycles. The fourth-order valence-electron chi connectivity index (χ4n) is 4.19. The minimum atomic E-state index is -0.312. The van der Waals surface area contributed by atoms with E-state index in [1.807, 2.05) is 54.6 Å². The number of piperazine rings is 1. The Morgan fingerprint density at radius 1 is 0.914 bits per heavy atom. The van der Waals surface area contributed by atoms with E-state index in [1.165, 1.54) is 17.5 Å². The smallest absolute Gasteiger partial charge is 0.275 e. The zero-order chi connectivity index (χ0) is 23.6. The Morgan fingerprint density at radius 2 is 1.71 bits per heavy atom. The number of anilines is 1. The van der Waals surface area contributed by atoms with Gasteiger partial charge in [-0.3, -0.25) is 14.7 Å². The Hall–Kier alpha value is -3.79. The summed E-state index contributed by atoms with van der Waals surface area (Å²) < 4.78 is 0. The van der Waals surface area contributed by atoms with E-state index in [0.29, 0.717) is 11.2 Å². The number of rotatable bonds is 5. The molecule has 0 radical (unpaired) electrons. The maximum absolute atomic E-state index is 13.0. The molecule has 2 aromatic carbocycles. The number of carbonyl (C=O) groups excluding carboxylic acids is 1. The molecule has 174 valence electrons. The molecule has 1 saturated heterocycles. The van der Waals surface area contributed by atoms with Crippen molar-refractivity contribution in [3.63, 3.8) is 0 Å². The third-order valence-corrected chi connectivity index (χ3v) is 6.99. The van der Waals surface area contributed by atoms with Crippen LogP contribution in [0.15, 0.2) is 66.9 Å². The molecule has 0 unspecified atom stereocenters. The molecular formula is C26H23N7OS. The molecule has 3 aromatic heterocycles. The molecule has 0 atom stereocenters. The normalized spacial score (nSPS) is 14.4. The second kappa shape index (κ2) is 9.46. The van der Waals surface area contributed by atoms with Crippen LogP contribution in [0.2, 0.25) is 0 Å². The molecule has 35 heavy (non-hydrogen) atoms. The molecule has 5 aromatic rings. The topological polar surface area (TPSA) is 95.9 Å².